The normalized spacial score (nSPS) is 11.2. The van der Waals surface area contributed by atoms with Gasteiger partial charge in [0.05, 0.1) is 21.8 Å². The van der Waals surface area contributed by atoms with Crippen LogP contribution >= 0.6 is 0 Å². The van der Waals surface area contributed by atoms with Crippen molar-refractivity contribution in [3.63, 3.8) is 0 Å². The van der Waals surface area contributed by atoms with E-state index in [-0.39, 0.29) is 11.8 Å². The van der Waals surface area contributed by atoms with Gasteiger partial charge in [0.1, 0.15) is 0 Å². The Morgan fingerprint density at radius 1 is 0.365 bits per heavy atom. The van der Waals surface area contributed by atoms with Gasteiger partial charge in [0.15, 0.2) is 0 Å². The number of rotatable bonds is 6. The molecule has 0 spiro atoms. The average molecular weight is 673 g/mol. The summed E-state index contributed by atoms with van der Waals surface area (Å²) in [5.74, 6) is 0.364. The maximum atomic E-state index is 13.7. The molecular formula is C46H28N2O4. The van der Waals surface area contributed by atoms with Crippen molar-refractivity contribution in [2.75, 3.05) is 0 Å². The Hall–Kier alpha value is -7.18. The van der Waals surface area contributed by atoms with Crippen LogP contribution in [-0.4, -0.2) is 9.97 Å². The van der Waals surface area contributed by atoms with E-state index in [1.54, 1.807) is 24.3 Å². The molecular weight excluding hydrogens is 645 g/mol. The molecule has 6 heteroatoms. The van der Waals surface area contributed by atoms with Gasteiger partial charge in [0.2, 0.25) is 11.8 Å². The number of hydrogen-bond acceptors (Lipinski definition) is 6. The van der Waals surface area contributed by atoms with Crippen LogP contribution in [0.1, 0.15) is 0 Å². The summed E-state index contributed by atoms with van der Waals surface area (Å²) in [6.45, 7) is 0. The van der Waals surface area contributed by atoms with Crippen molar-refractivity contribution in [3.05, 3.63) is 191 Å². The van der Waals surface area contributed by atoms with Crippen LogP contribution in [0.25, 0.3) is 89.2 Å². The number of fused-ring (bicyclic) bond motifs is 2. The lowest BCUT2D eigenvalue weighted by Crippen LogP contribution is -2.05. The van der Waals surface area contributed by atoms with Gasteiger partial charge in [0.25, 0.3) is 0 Å². The molecule has 0 atom stereocenters. The molecule has 52 heavy (non-hydrogen) atoms. The first-order chi connectivity index (χ1) is 25.6. The Balaban J connectivity index is 1.14. The zero-order chi connectivity index (χ0) is 35.0. The van der Waals surface area contributed by atoms with Gasteiger partial charge in [-0.25, -0.2) is 19.6 Å². The molecule has 0 unspecified atom stereocenters. The van der Waals surface area contributed by atoms with Crippen molar-refractivity contribution >= 4 is 21.8 Å². The Kier molecular flexibility index (Phi) is 7.67. The summed E-state index contributed by atoms with van der Waals surface area (Å²) in [4.78, 5) is 37.0. The first-order valence-corrected chi connectivity index (χ1v) is 16.9. The van der Waals surface area contributed by atoms with Crippen LogP contribution in [0.2, 0.25) is 0 Å². The standard InChI is InChI=1S/C46H28N2O4/c49-45-39-27-35(29-13-5-1-6-14-29)26-38(32-19-11-4-12-20-32)42(39)48-44(51-45)34-23-21-33(22-24-34)43-47-40-28-36(30-15-7-2-8-16-30)25-37(41(40)46(50)52-43)31-17-9-3-10-18-31/h1-28H. The summed E-state index contributed by atoms with van der Waals surface area (Å²) in [7, 11) is 0. The van der Waals surface area contributed by atoms with Crippen LogP contribution in [-0.2, 0) is 0 Å². The van der Waals surface area contributed by atoms with E-state index in [0.29, 0.717) is 32.9 Å². The van der Waals surface area contributed by atoms with Gasteiger partial charge in [0, 0.05) is 16.7 Å². The maximum Gasteiger partial charge on any atom is 0.347 e. The van der Waals surface area contributed by atoms with E-state index in [1.807, 2.05) is 140 Å². The topological polar surface area (TPSA) is 86.2 Å². The lowest BCUT2D eigenvalue weighted by atomic mass is 9.95. The monoisotopic (exact) mass is 672 g/mol. The van der Waals surface area contributed by atoms with E-state index < -0.39 is 11.3 Å². The molecule has 2 aromatic heterocycles. The molecule has 0 N–H and O–H groups in total. The Bertz CT molecular complexity index is 2850. The smallest absolute Gasteiger partial charge is 0.347 e. The fraction of sp³-hybridized carbons (Fsp3) is 0. The highest BCUT2D eigenvalue weighted by Crippen LogP contribution is 2.35. The lowest BCUT2D eigenvalue weighted by Gasteiger charge is -2.12. The van der Waals surface area contributed by atoms with Gasteiger partial charge < -0.3 is 8.83 Å². The van der Waals surface area contributed by atoms with Gasteiger partial charge in [-0.1, -0.05) is 121 Å². The van der Waals surface area contributed by atoms with Crippen LogP contribution in [0, 0.1) is 0 Å². The molecule has 9 aromatic rings. The first-order valence-electron chi connectivity index (χ1n) is 16.9. The maximum absolute atomic E-state index is 13.7. The van der Waals surface area contributed by atoms with E-state index in [1.165, 1.54) is 0 Å². The van der Waals surface area contributed by atoms with Crippen molar-refractivity contribution < 1.29 is 8.83 Å². The number of benzene rings is 7. The molecule has 0 aliphatic carbocycles. The molecule has 246 valence electrons. The molecule has 0 saturated heterocycles. The highest BCUT2D eigenvalue weighted by atomic mass is 16.4. The van der Waals surface area contributed by atoms with E-state index in [9.17, 15) is 9.59 Å². The first kappa shape index (κ1) is 30.8. The number of nitrogens with zero attached hydrogens (tertiary/aromatic N) is 2. The van der Waals surface area contributed by atoms with Gasteiger partial charge in [-0.3, -0.25) is 0 Å². The highest BCUT2D eigenvalue weighted by Gasteiger charge is 2.18. The molecule has 0 saturated carbocycles. The minimum absolute atomic E-state index is 0.181. The molecule has 0 fully saturated rings. The Morgan fingerprint density at radius 3 is 1.37 bits per heavy atom. The van der Waals surface area contributed by atoms with Crippen LogP contribution < -0.4 is 11.3 Å². The van der Waals surface area contributed by atoms with Crippen molar-refractivity contribution in [3.8, 4) is 67.4 Å². The molecule has 0 bridgehead atoms. The molecule has 0 radical (unpaired) electrons. The predicted octanol–water partition coefficient (Wildman–Crippen LogP) is 10.7. The number of hydrogen-bond donors (Lipinski definition) is 0. The fourth-order valence-corrected chi connectivity index (χ4v) is 6.66. The average Bonchev–Trinajstić information content (AvgIpc) is 3.21. The zero-order valence-corrected chi connectivity index (χ0v) is 27.7. The van der Waals surface area contributed by atoms with Crippen molar-refractivity contribution in [2.45, 2.75) is 0 Å². The van der Waals surface area contributed by atoms with Crippen molar-refractivity contribution in [1.82, 2.24) is 9.97 Å². The molecule has 9 rings (SSSR count). The predicted molar refractivity (Wildman–Crippen MR) is 207 cm³/mol. The largest absolute Gasteiger partial charge is 0.403 e. The quantitative estimate of drug-likeness (QED) is 0.175. The van der Waals surface area contributed by atoms with Crippen molar-refractivity contribution in [2.24, 2.45) is 0 Å². The summed E-state index contributed by atoms with van der Waals surface area (Å²) < 4.78 is 11.7. The summed E-state index contributed by atoms with van der Waals surface area (Å²) >= 11 is 0. The molecule has 2 heterocycles. The third-order valence-electron chi connectivity index (χ3n) is 9.23. The third kappa shape index (κ3) is 5.68. The van der Waals surface area contributed by atoms with Crippen LogP contribution in [0.4, 0.5) is 0 Å². The van der Waals surface area contributed by atoms with E-state index in [0.717, 1.165) is 44.5 Å². The molecule has 0 aliphatic rings. The highest BCUT2D eigenvalue weighted by molar-refractivity contribution is 5.99. The second-order valence-corrected chi connectivity index (χ2v) is 12.5. The molecule has 7 aromatic carbocycles. The Labute approximate surface area is 298 Å². The van der Waals surface area contributed by atoms with Crippen molar-refractivity contribution in [1.29, 1.82) is 0 Å². The van der Waals surface area contributed by atoms with E-state index in [2.05, 4.69) is 6.07 Å². The molecule has 0 amide bonds. The zero-order valence-electron chi connectivity index (χ0n) is 27.7. The summed E-state index contributed by atoms with van der Waals surface area (Å²) in [6, 6.07) is 54.6. The van der Waals surface area contributed by atoms with Crippen LogP contribution in [0.3, 0.4) is 0 Å². The second kappa shape index (κ2) is 12.9. The minimum atomic E-state index is -0.482. The molecule has 6 nitrogen and oxygen atoms in total. The van der Waals surface area contributed by atoms with Gasteiger partial charge >= 0.3 is 11.3 Å². The lowest BCUT2D eigenvalue weighted by molar-refractivity contribution is 0.517. The third-order valence-corrected chi connectivity index (χ3v) is 9.23. The Morgan fingerprint density at radius 2 is 0.808 bits per heavy atom. The van der Waals surface area contributed by atoms with E-state index >= 15 is 0 Å². The number of aromatic nitrogens is 2. The van der Waals surface area contributed by atoms with E-state index in [4.69, 9.17) is 18.8 Å². The SMILES string of the molecule is O=c1oc(-c2ccc(-c3nc4cc(-c5ccccc5)cc(-c5ccccc5)c4c(=O)o3)cc2)nc2c(-c3ccccc3)cc(-c3ccccc3)cc12. The minimum Gasteiger partial charge on any atom is -0.403 e. The summed E-state index contributed by atoms with van der Waals surface area (Å²) in [5, 5.41) is 0.811. The van der Waals surface area contributed by atoms with Crippen LogP contribution in [0.15, 0.2) is 188 Å². The van der Waals surface area contributed by atoms with Crippen LogP contribution in [0.5, 0.6) is 0 Å². The summed E-state index contributed by atoms with van der Waals surface area (Å²) in [5.41, 5.74) is 8.55. The van der Waals surface area contributed by atoms with Gasteiger partial charge in [-0.15, -0.1) is 0 Å². The summed E-state index contributed by atoms with van der Waals surface area (Å²) in [6.07, 6.45) is 0. The molecule has 0 aliphatic heterocycles. The fourth-order valence-electron chi connectivity index (χ4n) is 6.66. The second-order valence-electron chi connectivity index (χ2n) is 12.5. The van der Waals surface area contributed by atoms with Gasteiger partial charge in [-0.2, -0.15) is 0 Å². The van der Waals surface area contributed by atoms with Gasteiger partial charge in [-0.05, 0) is 87.5 Å².